The Morgan fingerprint density at radius 3 is 2.93 bits per heavy atom. The van der Waals surface area contributed by atoms with Gasteiger partial charge in [0.05, 0.1) is 0 Å². The minimum atomic E-state index is 0.594. The van der Waals surface area contributed by atoms with Crippen LogP contribution in [0, 0.1) is 6.92 Å². The molecule has 4 nitrogen and oxygen atoms in total. The maximum atomic E-state index is 5.59. The van der Waals surface area contributed by atoms with Crippen molar-refractivity contribution in [2.75, 3.05) is 12.3 Å². The Morgan fingerprint density at radius 2 is 2.33 bits per heavy atom. The number of nitrogens with two attached hydrogens (primary N) is 1. The van der Waals surface area contributed by atoms with Crippen molar-refractivity contribution < 1.29 is 0 Å². The molecule has 1 aromatic heterocycles. The van der Waals surface area contributed by atoms with Crippen LogP contribution in [0.25, 0.3) is 0 Å². The molecule has 0 saturated heterocycles. The predicted molar refractivity (Wildman–Crippen MR) is 64.1 cm³/mol. The second-order valence-corrected chi connectivity index (χ2v) is 4.37. The molecule has 0 aliphatic carbocycles. The van der Waals surface area contributed by atoms with Gasteiger partial charge in [-0.2, -0.15) is 0 Å². The van der Waals surface area contributed by atoms with Gasteiger partial charge in [-0.15, -0.1) is 10.2 Å². The predicted octanol–water partition coefficient (Wildman–Crippen LogP) is 1.78. The van der Waals surface area contributed by atoms with E-state index in [0.717, 1.165) is 28.9 Å². The lowest BCUT2D eigenvalue weighted by Gasteiger charge is -2.05. The maximum absolute atomic E-state index is 5.59. The zero-order valence-electron chi connectivity index (χ0n) is 8.90. The highest BCUT2D eigenvalue weighted by atomic mass is 35.5. The molecular formula is C9H15ClN4S. The number of aryl methyl sites for hydroxylation is 1. The number of hydrogen-bond acceptors (Lipinski definition) is 4. The first-order chi connectivity index (χ1) is 7.19. The van der Waals surface area contributed by atoms with Gasteiger partial charge >= 0.3 is 0 Å². The van der Waals surface area contributed by atoms with E-state index >= 15 is 0 Å². The van der Waals surface area contributed by atoms with Crippen molar-refractivity contribution in [2.45, 2.75) is 25.5 Å². The van der Waals surface area contributed by atoms with E-state index in [4.69, 9.17) is 17.3 Å². The fraction of sp³-hybridized carbons (Fsp3) is 0.556. The van der Waals surface area contributed by atoms with Crippen LogP contribution in [0.4, 0.5) is 0 Å². The smallest absolute Gasteiger partial charge is 0.191 e. The third-order valence-electron chi connectivity index (χ3n) is 1.87. The molecular weight excluding hydrogens is 232 g/mol. The molecule has 84 valence electrons. The number of rotatable bonds is 5. The summed E-state index contributed by atoms with van der Waals surface area (Å²) in [6, 6.07) is 0. The van der Waals surface area contributed by atoms with E-state index in [1.54, 1.807) is 17.3 Å². The zero-order valence-corrected chi connectivity index (χ0v) is 10.5. The Balaban J connectivity index is 2.68. The third kappa shape index (κ3) is 3.52. The monoisotopic (exact) mass is 246 g/mol. The van der Waals surface area contributed by atoms with E-state index in [1.807, 2.05) is 18.4 Å². The molecule has 0 aliphatic rings. The highest BCUT2D eigenvalue weighted by Gasteiger charge is 2.08. The number of halogens is 1. The summed E-state index contributed by atoms with van der Waals surface area (Å²) in [5, 5.41) is 9.01. The van der Waals surface area contributed by atoms with Gasteiger partial charge in [0, 0.05) is 24.4 Å². The molecule has 1 heterocycles. The SMILES string of the molecule is CC(=CCl)CSc1nnc(C)n1CCN. The van der Waals surface area contributed by atoms with Gasteiger partial charge in [-0.3, -0.25) is 0 Å². The standard InChI is InChI=1S/C9H15ClN4S/c1-7(5-10)6-15-9-13-12-8(2)14(9)4-3-11/h5H,3-4,6,11H2,1-2H3. The van der Waals surface area contributed by atoms with Crippen molar-refractivity contribution in [3.8, 4) is 0 Å². The number of aromatic nitrogens is 3. The molecule has 2 N–H and O–H groups in total. The van der Waals surface area contributed by atoms with Crippen molar-refractivity contribution in [1.29, 1.82) is 0 Å². The average molecular weight is 247 g/mol. The molecule has 1 rings (SSSR count). The van der Waals surface area contributed by atoms with Crippen molar-refractivity contribution in [3.05, 3.63) is 16.9 Å². The summed E-state index contributed by atoms with van der Waals surface area (Å²) in [5.74, 6) is 1.72. The molecule has 15 heavy (non-hydrogen) atoms. The first kappa shape index (κ1) is 12.5. The minimum Gasteiger partial charge on any atom is -0.329 e. The van der Waals surface area contributed by atoms with E-state index in [0.29, 0.717) is 6.54 Å². The topological polar surface area (TPSA) is 56.7 Å². The Morgan fingerprint density at radius 1 is 1.60 bits per heavy atom. The lowest BCUT2D eigenvalue weighted by atomic mass is 10.4. The van der Waals surface area contributed by atoms with Crippen LogP contribution in [0.15, 0.2) is 16.3 Å². The van der Waals surface area contributed by atoms with Crippen LogP contribution in [0.5, 0.6) is 0 Å². The molecule has 1 aromatic rings. The summed E-state index contributed by atoms with van der Waals surface area (Å²) in [5.41, 5.74) is 8.22. The third-order valence-corrected chi connectivity index (χ3v) is 3.40. The van der Waals surface area contributed by atoms with Crippen molar-refractivity contribution in [1.82, 2.24) is 14.8 Å². The number of hydrogen-bond donors (Lipinski definition) is 1. The van der Waals surface area contributed by atoms with Gasteiger partial charge in [0.2, 0.25) is 0 Å². The van der Waals surface area contributed by atoms with Gasteiger partial charge in [-0.1, -0.05) is 28.9 Å². The largest absolute Gasteiger partial charge is 0.329 e. The van der Waals surface area contributed by atoms with E-state index in [9.17, 15) is 0 Å². The van der Waals surface area contributed by atoms with E-state index < -0.39 is 0 Å². The summed E-state index contributed by atoms with van der Waals surface area (Å²) >= 11 is 7.21. The van der Waals surface area contributed by atoms with Crippen LogP contribution in [0.1, 0.15) is 12.7 Å². The molecule has 0 radical (unpaired) electrons. The fourth-order valence-electron chi connectivity index (χ4n) is 1.06. The molecule has 0 spiro atoms. The summed E-state index contributed by atoms with van der Waals surface area (Å²) in [6.07, 6.45) is 0. The minimum absolute atomic E-state index is 0.594. The lowest BCUT2D eigenvalue weighted by Crippen LogP contribution is -2.12. The van der Waals surface area contributed by atoms with Crippen LogP contribution < -0.4 is 5.73 Å². The Hall–Kier alpha value is -0.520. The first-order valence-electron chi connectivity index (χ1n) is 4.67. The van der Waals surface area contributed by atoms with Crippen LogP contribution in [0.3, 0.4) is 0 Å². The molecule has 0 atom stereocenters. The summed E-state index contributed by atoms with van der Waals surface area (Å²) in [7, 11) is 0. The fourth-order valence-corrected chi connectivity index (χ4v) is 2.15. The molecule has 0 amide bonds. The normalized spacial score (nSPS) is 12.1. The van der Waals surface area contributed by atoms with Crippen molar-refractivity contribution in [3.63, 3.8) is 0 Å². The highest BCUT2D eigenvalue weighted by molar-refractivity contribution is 7.99. The highest BCUT2D eigenvalue weighted by Crippen LogP contribution is 2.19. The van der Waals surface area contributed by atoms with Crippen molar-refractivity contribution in [2.24, 2.45) is 5.73 Å². The average Bonchev–Trinajstić information content (AvgIpc) is 2.58. The summed E-state index contributed by atoms with van der Waals surface area (Å²) in [6.45, 7) is 5.26. The van der Waals surface area contributed by atoms with Crippen LogP contribution in [-0.4, -0.2) is 27.1 Å². The second-order valence-electron chi connectivity index (χ2n) is 3.21. The Kier molecular flexibility index (Phi) is 5.14. The summed E-state index contributed by atoms with van der Waals surface area (Å²) in [4.78, 5) is 0. The molecule has 0 aromatic carbocycles. The number of thioether (sulfide) groups is 1. The van der Waals surface area contributed by atoms with Crippen LogP contribution in [0.2, 0.25) is 0 Å². The molecule has 0 aliphatic heterocycles. The van der Waals surface area contributed by atoms with Gasteiger partial charge in [-0.25, -0.2) is 0 Å². The molecule has 0 saturated carbocycles. The molecule has 6 heteroatoms. The molecule has 0 fully saturated rings. The number of nitrogens with zero attached hydrogens (tertiary/aromatic N) is 3. The second kappa shape index (κ2) is 6.15. The Bertz CT molecular complexity index is 348. The maximum Gasteiger partial charge on any atom is 0.191 e. The van der Waals surface area contributed by atoms with Gasteiger partial charge in [0.1, 0.15) is 5.82 Å². The van der Waals surface area contributed by atoms with E-state index in [-0.39, 0.29) is 0 Å². The zero-order chi connectivity index (χ0) is 11.3. The van der Waals surface area contributed by atoms with Crippen molar-refractivity contribution >= 4 is 23.4 Å². The van der Waals surface area contributed by atoms with Gasteiger partial charge in [-0.05, 0) is 13.8 Å². The Labute approximate surface area is 98.9 Å². The first-order valence-corrected chi connectivity index (χ1v) is 6.09. The van der Waals surface area contributed by atoms with Crippen LogP contribution >= 0.6 is 23.4 Å². The van der Waals surface area contributed by atoms with Gasteiger partial charge < -0.3 is 10.3 Å². The van der Waals surface area contributed by atoms with E-state index in [1.165, 1.54) is 0 Å². The van der Waals surface area contributed by atoms with Gasteiger partial charge in [0.25, 0.3) is 0 Å². The summed E-state index contributed by atoms with van der Waals surface area (Å²) < 4.78 is 2.02. The van der Waals surface area contributed by atoms with Crippen LogP contribution in [-0.2, 0) is 6.54 Å². The van der Waals surface area contributed by atoms with E-state index in [2.05, 4.69) is 10.2 Å². The molecule has 0 unspecified atom stereocenters. The van der Waals surface area contributed by atoms with Gasteiger partial charge in [0.15, 0.2) is 5.16 Å². The molecule has 0 bridgehead atoms. The quantitative estimate of drug-likeness (QED) is 0.805. The lowest BCUT2D eigenvalue weighted by molar-refractivity contribution is 0.628.